The van der Waals surface area contributed by atoms with Crippen LogP contribution in [0.25, 0.3) is 0 Å². The highest BCUT2D eigenvalue weighted by Gasteiger charge is 2.20. The van der Waals surface area contributed by atoms with E-state index in [9.17, 15) is 4.79 Å². The normalized spacial score (nSPS) is 25.7. The summed E-state index contributed by atoms with van der Waals surface area (Å²) >= 11 is 0. The highest BCUT2D eigenvalue weighted by atomic mass is 16.1. The van der Waals surface area contributed by atoms with Gasteiger partial charge in [0.25, 0.3) is 0 Å². The average Bonchev–Trinajstić information content (AvgIpc) is 2.65. The van der Waals surface area contributed by atoms with E-state index in [2.05, 4.69) is 6.08 Å². The maximum atomic E-state index is 11.4. The average molecular weight is 192 g/mol. The summed E-state index contributed by atoms with van der Waals surface area (Å²) in [7, 11) is 0. The van der Waals surface area contributed by atoms with E-state index in [1.165, 1.54) is 38.5 Å². The third-order valence-electron chi connectivity index (χ3n) is 3.64. The fraction of sp³-hybridized carbons (Fsp3) is 0.769. The molecule has 1 fully saturated rings. The van der Waals surface area contributed by atoms with E-state index in [-0.39, 0.29) is 0 Å². The van der Waals surface area contributed by atoms with E-state index in [0.717, 1.165) is 18.8 Å². The molecule has 0 amide bonds. The summed E-state index contributed by atoms with van der Waals surface area (Å²) in [5.74, 6) is 1.28. The van der Waals surface area contributed by atoms with Gasteiger partial charge in [0, 0.05) is 12.8 Å². The molecule has 0 aliphatic heterocycles. The molecule has 0 N–H and O–H groups in total. The molecule has 2 aliphatic rings. The molecule has 0 aromatic rings. The van der Waals surface area contributed by atoms with E-state index >= 15 is 0 Å². The second kappa shape index (κ2) is 4.77. The van der Waals surface area contributed by atoms with Gasteiger partial charge in [-0.25, -0.2) is 0 Å². The molecule has 0 spiro atoms. The van der Waals surface area contributed by atoms with E-state index in [0.29, 0.717) is 12.2 Å². The van der Waals surface area contributed by atoms with Gasteiger partial charge in [-0.3, -0.25) is 4.79 Å². The van der Waals surface area contributed by atoms with Crippen LogP contribution in [0.5, 0.6) is 0 Å². The fourth-order valence-corrected chi connectivity index (χ4v) is 2.77. The number of Topliss-reactive ketones (excluding diaryl/α,β-unsaturated/α-hetero) is 1. The molecule has 0 unspecified atom stereocenters. The number of carbonyl (C=O) groups is 1. The molecule has 0 atom stereocenters. The first-order chi connectivity index (χ1) is 6.86. The molecule has 0 radical (unpaired) electrons. The van der Waals surface area contributed by atoms with Crippen molar-refractivity contribution in [2.45, 2.75) is 57.8 Å². The Morgan fingerprint density at radius 2 is 1.71 bits per heavy atom. The SMILES string of the molecule is O=C1CC=C(C2CCCC2)CCCC1. The summed E-state index contributed by atoms with van der Waals surface area (Å²) in [5, 5.41) is 0. The van der Waals surface area contributed by atoms with Gasteiger partial charge in [-0.1, -0.05) is 24.5 Å². The minimum absolute atomic E-state index is 0.445. The van der Waals surface area contributed by atoms with Gasteiger partial charge in [-0.05, 0) is 38.0 Å². The van der Waals surface area contributed by atoms with Gasteiger partial charge < -0.3 is 0 Å². The zero-order valence-electron chi connectivity index (χ0n) is 8.93. The Morgan fingerprint density at radius 3 is 2.50 bits per heavy atom. The van der Waals surface area contributed by atoms with Gasteiger partial charge in [0.2, 0.25) is 0 Å². The number of hydrogen-bond donors (Lipinski definition) is 0. The lowest BCUT2D eigenvalue weighted by atomic mass is 9.89. The predicted octanol–water partition coefficient (Wildman–Crippen LogP) is 3.64. The van der Waals surface area contributed by atoms with Crippen LogP contribution in [0.2, 0.25) is 0 Å². The lowest BCUT2D eigenvalue weighted by Crippen LogP contribution is -2.05. The summed E-state index contributed by atoms with van der Waals surface area (Å²) in [6.07, 6.45) is 12.9. The van der Waals surface area contributed by atoms with Crippen molar-refractivity contribution in [2.24, 2.45) is 5.92 Å². The van der Waals surface area contributed by atoms with Crippen molar-refractivity contribution in [2.75, 3.05) is 0 Å². The van der Waals surface area contributed by atoms with Crippen molar-refractivity contribution in [3.63, 3.8) is 0 Å². The van der Waals surface area contributed by atoms with E-state index in [1.807, 2.05) is 0 Å². The Labute approximate surface area is 86.6 Å². The van der Waals surface area contributed by atoms with E-state index in [1.54, 1.807) is 5.57 Å². The minimum atomic E-state index is 0.445. The molecule has 0 aromatic carbocycles. The first-order valence-corrected chi connectivity index (χ1v) is 6.07. The molecule has 1 saturated carbocycles. The zero-order valence-corrected chi connectivity index (χ0v) is 8.93. The first kappa shape index (κ1) is 9.95. The van der Waals surface area contributed by atoms with Gasteiger partial charge >= 0.3 is 0 Å². The summed E-state index contributed by atoms with van der Waals surface area (Å²) in [4.78, 5) is 11.4. The maximum Gasteiger partial charge on any atom is 0.136 e. The fourth-order valence-electron chi connectivity index (χ4n) is 2.77. The topological polar surface area (TPSA) is 17.1 Å². The Morgan fingerprint density at radius 1 is 1.00 bits per heavy atom. The van der Waals surface area contributed by atoms with Crippen LogP contribution in [0.1, 0.15) is 57.8 Å². The van der Waals surface area contributed by atoms with Gasteiger partial charge in [-0.2, -0.15) is 0 Å². The van der Waals surface area contributed by atoms with Crippen LogP contribution >= 0.6 is 0 Å². The zero-order chi connectivity index (χ0) is 9.80. The number of ketones is 1. The van der Waals surface area contributed by atoms with Crippen LogP contribution in [0, 0.1) is 5.92 Å². The standard InChI is InChI=1S/C13H20O/c14-13-8-4-3-7-12(9-10-13)11-5-1-2-6-11/h9,11H,1-8,10H2. The highest BCUT2D eigenvalue weighted by molar-refractivity contribution is 5.80. The molecule has 0 saturated heterocycles. The molecular formula is C13H20O. The molecule has 0 bridgehead atoms. The Bertz CT molecular complexity index is 234. The third kappa shape index (κ3) is 2.46. The van der Waals surface area contributed by atoms with Crippen LogP contribution in [0.4, 0.5) is 0 Å². The molecular weight excluding hydrogens is 172 g/mol. The molecule has 0 heterocycles. The number of allylic oxidation sites excluding steroid dienone is 2. The van der Waals surface area contributed by atoms with Gasteiger partial charge in [-0.15, -0.1) is 0 Å². The largest absolute Gasteiger partial charge is 0.299 e. The summed E-state index contributed by atoms with van der Waals surface area (Å²) < 4.78 is 0. The number of rotatable bonds is 1. The maximum absolute atomic E-state index is 11.4. The molecule has 1 heteroatoms. The van der Waals surface area contributed by atoms with Crippen LogP contribution in [-0.4, -0.2) is 5.78 Å². The quantitative estimate of drug-likeness (QED) is 0.580. The van der Waals surface area contributed by atoms with Gasteiger partial charge in [0.15, 0.2) is 0 Å². The Balaban J connectivity index is 1.99. The van der Waals surface area contributed by atoms with Crippen LogP contribution in [0.15, 0.2) is 11.6 Å². The monoisotopic (exact) mass is 192 g/mol. The molecule has 14 heavy (non-hydrogen) atoms. The molecule has 0 aromatic heterocycles. The summed E-state index contributed by atoms with van der Waals surface area (Å²) in [6.45, 7) is 0. The van der Waals surface area contributed by atoms with Crippen molar-refractivity contribution < 1.29 is 4.79 Å². The predicted molar refractivity (Wildman–Crippen MR) is 58.1 cm³/mol. The van der Waals surface area contributed by atoms with E-state index < -0.39 is 0 Å². The molecule has 78 valence electrons. The first-order valence-electron chi connectivity index (χ1n) is 6.07. The van der Waals surface area contributed by atoms with Gasteiger partial charge in [0.05, 0.1) is 0 Å². The van der Waals surface area contributed by atoms with Crippen molar-refractivity contribution in [3.8, 4) is 0 Å². The molecule has 1 nitrogen and oxygen atoms in total. The van der Waals surface area contributed by atoms with Crippen LogP contribution in [0.3, 0.4) is 0 Å². The van der Waals surface area contributed by atoms with Crippen LogP contribution in [-0.2, 0) is 4.79 Å². The summed E-state index contributed by atoms with van der Waals surface area (Å²) in [5.41, 5.74) is 1.61. The second-order valence-corrected chi connectivity index (χ2v) is 4.71. The lowest BCUT2D eigenvalue weighted by molar-refractivity contribution is -0.118. The summed E-state index contributed by atoms with van der Waals surface area (Å²) in [6, 6.07) is 0. The smallest absolute Gasteiger partial charge is 0.136 e. The lowest BCUT2D eigenvalue weighted by Gasteiger charge is -2.16. The van der Waals surface area contributed by atoms with Crippen molar-refractivity contribution in [1.29, 1.82) is 0 Å². The van der Waals surface area contributed by atoms with Gasteiger partial charge in [0.1, 0.15) is 5.78 Å². The van der Waals surface area contributed by atoms with Crippen LogP contribution < -0.4 is 0 Å². The number of hydrogen-bond acceptors (Lipinski definition) is 1. The number of carbonyl (C=O) groups excluding carboxylic acids is 1. The third-order valence-corrected chi connectivity index (χ3v) is 3.64. The van der Waals surface area contributed by atoms with Crippen molar-refractivity contribution >= 4 is 5.78 Å². The molecule has 2 rings (SSSR count). The van der Waals surface area contributed by atoms with E-state index in [4.69, 9.17) is 0 Å². The Kier molecular flexibility index (Phi) is 3.39. The highest BCUT2D eigenvalue weighted by Crippen LogP contribution is 2.34. The second-order valence-electron chi connectivity index (χ2n) is 4.71. The van der Waals surface area contributed by atoms with Crippen molar-refractivity contribution in [3.05, 3.63) is 11.6 Å². The molecule has 2 aliphatic carbocycles. The Hall–Kier alpha value is -0.590. The van der Waals surface area contributed by atoms with Crippen molar-refractivity contribution in [1.82, 2.24) is 0 Å². The minimum Gasteiger partial charge on any atom is -0.299 e.